The number of nitrogens with one attached hydrogen (secondary N) is 1. The third-order valence-electron chi connectivity index (χ3n) is 5.25. The number of aromatic amines is 1. The first-order chi connectivity index (χ1) is 11.2. The van der Waals surface area contributed by atoms with Crippen LogP contribution in [0.2, 0.25) is 0 Å². The van der Waals surface area contributed by atoms with Crippen LogP contribution in [0.3, 0.4) is 0 Å². The molecule has 2 heterocycles. The second kappa shape index (κ2) is 5.49. The van der Waals surface area contributed by atoms with Crippen LogP contribution in [0.15, 0.2) is 36.5 Å². The minimum Gasteiger partial charge on any atom is -0.390 e. The summed E-state index contributed by atoms with van der Waals surface area (Å²) >= 11 is 0. The highest BCUT2D eigenvalue weighted by Crippen LogP contribution is 2.46. The lowest BCUT2D eigenvalue weighted by molar-refractivity contribution is 0.0340. The molecule has 23 heavy (non-hydrogen) atoms. The molecule has 2 aromatic rings. The van der Waals surface area contributed by atoms with Crippen LogP contribution in [0, 0.1) is 5.92 Å². The molecule has 2 fully saturated rings. The average molecular weight is 311 g/mol. The lowest BCUT2D eigenvalue weighted by Crippen LogP contribution is -2.41. The standard InChI is InChI=1S/C18H21N3O2/c22-17(21-11-6-15(7-12-21)18(23)8-9-18)14-3-1-13(2-4-14)16-5-10-19-20-16/h1-5,10,15,23H,6-9,11-12H2,(H,19,20). The second-order valence-corrected chi connectivity index (χ2v) is 6.72. The van der Waals surface area contributed by atoms with Gasteiger partial charge >= 0.3 is 0 Å². The largest absolute Gasteiger partial charge is 0.390 e. The first-order valence-electron chi connectivity index (χ1n) is 8.27. The third kappa shape index (κ3) is 2.77. The van der Waals surface area contributed by atoms with Crippen molar-refractivity contribution in [2.45, 2.75) is 31.3 Å². The number of amides is 1. The van der Waals surface area contributed by atoms with E-state index in [1.54, 1.807) is 6.20 Å². The number of aliphatic hydroxyl groups is 1. The molecule has 1 aliphatic carbocycles. The monoisotopic (exact) mass is 311 g/mol. The van der Waals surface area contributed by atoms with Crippen LogP contribution in [0.1, 0.15) is 36.0 Å². The number of benzene rings is 1. The predicted octanol–water partition coefficient (Wildman–Crippen LogP) is 2.45. The quantitative estimate of drug-likeness (QED) is 0.915. The first kappa shape index (κ1) is 14.5. The first-order valence-corrected chi connectivity index (χ1v) is 8.27. The van der Waals surface area contributed by atoms with Gasteiger partial charge in [-0.05, 0) is 55.4 Å². The minimum atomic E-state index is -0.416. The van der Waals surface area contributed by atoms with Crippen LogP contribution in [-0.4, -0.2) is 44.8 Å². The van der Waals surface area contributed by atoms with Gasteiger partial charge in [0, 0.05) is 24.8 Å². The number of H-pyrrole nitrogens is 1. The fraction of sp³-hybridized carbons (Fsp3) is 0.444. The number of nitrogens with zero attached hydrogens (tertiary/aromatic N) is 2. The van der Waals surface area contributed by atoms with Crippen LogP contribution in [-0.2, 0) is 0 Å². The van der Waals surface area contributed by atoms with Gasteiger partial charge in [0.15, 0.2) is 0 Å². The normalized spacial score (nSPS) is 20.5. The van der Waals surface area contributed by atoms with Crippen molar-refractivity contribution >= 4 is 5.91 Å². The number of likely N-dealkylation sites (tertiary alicyclic amines) is 1. The summed E-state index contributed by atoms with van der Waals surface area (Å²) in [5.74, 6) is 0.455. The summed E-state index contributed by atoms with van der Waals surface area (Å²) in [4.78, 5) is 14.5. The van der Waals surface area contributed by atoms with Gasteiger partial charge in [0.25, 0.3) is 5.91 Å². The van der Waals surface area contributed by atoms with E-state index in [4.69, 9.17) is 0 Å². The van der Waals surface area contributed by atoms with Gasteiger partial charge in [-0.25, -0.2) is 0 Å². The molecule has 2 aliphatic rings. The van der Waals surface area contributed by atoms with Crippen LogP contribution < -0.4 is 0 Å². The molecule has 5 heteroatoms. The van der Waals surface area contributed by atoms with Crippen molar-refractivity contribution in [2.24, 2.45) is 5.92 Å². The van der Waals surface area contributed by atoms with Gasteiger partial charge < -0.3 is 10.0 Å². The van der Waals surface area contributed by atoms with Crippen molar-refractivity contribution in [1.82, 2.24) is 15.1 Å². The number of aromatic nitrogens is 2. The zero-order valence-corrected chi connectivity index (χ0v) is 13.0. The SMILES string of the molecule is O=C(c1ccc(-c2ccn[nH]2)cc1)N1CCC(C2(O)CC2)CC1. The maximum absolute atomic E-state index is 12.6. The zero-order valence-electron chi connectivity index (χ0n) is 13.0. The Morgan fingerprint density at radius 2 is 1.87 bits per heavy atom. The number of hydrogen-bond donors (Lipinski definition) is 2. The molecule has 2 N–H and O–H groups in total. The fourth-order valence-electron chi connectivity index (χ4n) is 3.55. The molecule has 0 atom stereocenters. The predicted molar refractivity (Wildman–Crippen MR) is 86.8 cm³/mol. The van der Waals surface area contributed by atoms with E-state index in [1.165, 1.54) is 0 Å². The Morgan fingerprint density at radius 1 is 1.17 bits per heavy atom. The average Bonchev–Trinajstić information content (AvgIpc) is 3.13. The Balaban J connectivity index is 1.41. The summed E-state index contributed by atoms with van der Waals surface area (Å²) < 4.78 is 0. The molecule has 0 bridgehead atoms. The van der Waals surface area contributed by atoms with Gasteiger partial charge in [-0.3, -0.25) is 9.89 Å². The van der Waals surface area contributed by atoms with E-state index >= 15 is 0 Å². The molecule has 1 saturated heterocycles. The molecular formula is C18H21N3O2. The minimum absolute atomic E-state index is 0.0856. The Bertz CT molecular complexity index is 682. The Hall–Kier alpha value is -2.14. The van der Waals surface area contributed by atoms with Crippen molar-refractivity contribution in [2.75, 3.05) is 13.1 Å². The van der Waals surface area contributed by atoms with Gasteiger partial charge in [0.2, 0.25) is 0 Å². The van der Waals surface area contributed by atoms with Gasteiger partial charge in [-0.15, -0.1) is 0 Å². The number of hydrogen-bond acceptors (Lipinski definition) is 3. The topological polar surface area (TPSA) is 69.2 Å². The maximum Gasteiger partial charge on any atom is 0.253 e. The number of piperidine rings is 1. The Morgan fingerprint density at radius 3 is 2.43 bits per heavy atom. The van der Waals surface area contributed by atoms with E-state index in [0.717, 1.165) is 55.6 Å². The summed E-state index contributed by atoms with van der Waals surface area (Å²) in [5.41, 5.74) is 2.27. The summed E-state index contributed by atoms with van der Waals surface area (Å²) in [6, 6.07) is 9.54. The molecule has 1 amide bonds. The second-order valence-electron chi connectivity index (χ2n) is 6.72. The van der Waals surface area contributed by atoms with Crippen molar-refractivity contribution in [1.29, 1.82) is 0 Å². The molecule has 1 saturated carbocycles. The molecule has 120 valence electrons. The zero-order chi connectivity index (χ0) is 15.9. The maximum atomic E-state index is 12.6. The summed E-state index contributed by atoms with van der Waals surface area (Å²) in [6.45, 7) is 1.49. The summed E-state index contributed by atoms with van der Waals surface area (Å²) in [5, 5.41) is 17.1. The van der Waals surface area contributed by atoms with E-state index in [-0.39, 0.29) is 5.91 Å². The number of rotatable bonds is 3. The smallest absolute Gasteiger partial charge is 0.253 e. The highest BCUT2D eigenvalue weighted by Gasteiger charge is 2.48. The van der Waals surface area contributed by atoms with Crippen molar-refractivity contribution in [3.63, 3.8) is 0 Å². The van der Waals surface area contributed by atoms with Crippen molar-refractivity contribution in [3.8, 4) is 11.3 Å². The summed E-state index contributed by atoms with van der Waals surface area (Å²) in [6.07, 6.45) is 5.40. The molecule has 1 aliphatic heterocycles. The molecule has 0 unspecified atom stereocenters. The van der Waals surface area contributed by atoms with Crippen molar-refractivity contribution in [3.05, 3.63) is 42.1 Å². The van der Waals surface area contributed by atoms with Crippen molar-refractivity contribution < 1.29 is 9.90 Å². The Kier molecular flexibility index (Phi) is 3.45. The van der Waals surface area contributed by atoms with E-state index in [2.05, 4.69) is 10.2 Å². The van der Waals surface area contributed by atoms with Gasteiger partial charge in [-0.1, -0.05) is 12.1 Å². The number of carbonyl (C=O) groups is 1. The lowest BCUT2D eigenvalue weighted by atomic mass is 9.89. The highest BCUT2D eigenvalue weighted by molar-refractivity contribution is 5.94. The summed E-state index contributed by atoms with van der Waals surface area (Å²) in [7, 11) is 0. The molecule has 4 rings (SSSR count). The van der Waals surface area contributed by atoms with E-state index in [9.17, 15) is 9.90 Å². The van der Waals surface area contributed by atoms with Crippen LogP contribution >= 0.6 is 0 Å². The van der Waals surface area contributed by atoms with E-state index in [0.29, 0.717) is 5.92 Å². The van der Waals surface area contributed by atoms with E-state index in [1.807, 2.05) is 35.2 Å². The lowest BCUT2D eigenvalue weighted by Gasteiger charge is -2.34. The Labute approximate surface area is 135 Å². The van der Waals surface area contributed by atoms with E-state index < -0.39 is 5.60 Å². The molecule has 1 aromatic carbocycles. The highest BCUT2D eigenvalue weighted by atomic mass is 16.3. The molecule has 1 aromatic heterocycles. The molecule has 0 radical (unpaired) electrons. The van der Waals surface area contributed by atoms with Gasteiger partial charge in [0.05, 0.1) is 11.3 Å². The van der Waals surface area contributed by atoms with Crippen LogP contribution in [0.5, 0.6) is 0 Å². The molecular weight excluding hydrogens is 290 g/mol. The molecule has 0 spiro atoms. The van der Waals surface area contributed by atoms with Crippen LogP contribution in [0.25, 0.3) is 11.3 Å². The van der Waals surface area contributed by atoms with Gasteiger partial charge in [-0.2, -0.15) is 5.10 Å². The molecule has 5 nitrogen and oxygen atoms in total. The third-order valence-corrected chi connectivity index (χ3v) is 5.25. The van der Waals surface area contributed by atoms with Crippen LogP contribution in [0.4, 0.5) is 0 Å². The number of carbonyl (C=O) groups excluding carboxylic acids is 1. The fourth-order valence-corrected chi connectivity index (χ4v) is 3.55. The van der Waals surface area contributed by atoms with Gasteiger partial charge in [0.1, 0.15) is 0 Å².